The summed E-state index contributed by atoms with van der Waals surface area (Å²) in [5.74, 6) is 0.312. The van der Waals surface area contributed by atoms with Gasteiger partial charge in [0, 0.05) is 0 Å². The molecule has 3 aliphatic carbocycles. The molecule has 0 aliphatic heterocycles. The fourth-order valence-corrected chi connectivity index (χ4v) is 2.57. The van der Waals surface area contributed by atoms with Crippen LogP contribution in [-0.4, -0.2) is 11.1 Å². The number of carboxylic acid groups (broad SMARTS) is 1. The Morgan fingerprint density at radius 3 is 1.83 bits per heavy atom. The Labute approximate surface area is 78.8 Å². The van der Waals surface area contributed by atoms with E-state index >= 15 is 0 Å². The van der Waals surface area contributed by atoms with Gasteiger partial charge >= 0.3 is 5.97 Å². The van der Waals surface area contributed by atoms with Crippen molar-refractivity contribution in [2.75, 3.05) is 0 Å². The van der Waals surface area contributed by atoms with Crippen LogP contribution in [0.15, 0.2) is 0 Å². The molecule has 12 heavy (non-hydrogen) atoms. The Morgan fingerprint density at radius 2 is 1.58 bits per heavy atom. The summed E-state index contributed by atoms with van der Waals surface area (Å²) in [6.07, 6.45) is 6.29. The van der Waals surface area contributed by atoms with Crippen molar-refractivity contribution < 1.29 is 9.90 Å². The zero-order valence-electron chi connectivity index (χ0n) is 7.08. The number of fused-ring (bicyclic) bond motifs is 3. The molecule has 70 valence electrons. The number of carboxylic acids is 1. The van der Waals surface area contributed by atoms with E-state index in [9.17, 15) is 4.79 Å². The Morgan fingerprint density at radius 1 is 1.17 bits per heavy atom. The molecule has 0 aromatic rings. The van der Waals surface area contributed by atoms with E-state index in [-0.39, 0.29) is 17.8 Å². The minimum absolute atomic E-state index is 0. The van der Waals surface area contributed by atoms with E-state index in [0.29, 0.717) is 0 Å². The second-order valence-corrected chi connectivity index (χ2v) is 4.07. The Bertz CT molecular complexity index is 169. The summed E-state index contributed by atoms with van der Waals surface area (Å²) in [5.41, 5.74) is -0.297. The molecule has 1 N–H and O–H groups in total. The average Bonchev–Trinajstić information content (AvgIpc) is 2.08. The third kappa shape index (κ3) is 1.33. The first-order valence-electron chi connectivity index (χ1n) is 4.46. The lowest BCUT2D eigenvalue weighted by Gasteiger charge is -2.43. The maximum Gasteiger partial charge on any atom is 0.309 e. The van der Waals surface area contributed by atoms with Crippen molar-refractivity contribution in [1.82, 2.24) is 0 Å². The molecule has 0 spiro atoms. The minimum atomic E-state index is -0.546. The zero-order valence-corrected chi connectivity index (χ0v) is 7.90. The fraction of sp³-hybridized carbons (Fsp3) is 0.889. The molecule has 0 unspecified atom stereocenters. The summed E-state index contributed by atoms with van der Waals surface area (Å²) in [4.78, 5) is 10.9. The summed E-state index contributed by atoms with van der Waals surface area (Å²) < 4.78 is 0. The van der Waals surface area contributed by atoms with Crippen molar-refractivity contribution in [3.8, 4) is 0 Å². The van der Waals surface area contributed by atoms with Crippen molar-refractivity contribution in [2.24, 2.45) is 11.3 Å². The number of rotatable bonds is 1. The predicted octanol–water partition coefficient (Wildman–Crippen LogP) is 2.46. The van der Waals surface area contributed by atoms with Crippen molar-refractivity contribution in [1.29, 1.82) is 0 Å². The van der Waals surface area contributed by atoms with Gasteiger partial charge < -0.3 is 5.11 Å². The lowest BCUT2D eigenvalue weighted by Crippen LogP contribution is -2.40. The molecule has 0 aromatic heterocycles. The molecule has 3 aliphatic rings. The highest BCUT2D eigenvalue weighted by atomic mass is 35.5. The Hall–Kier alpha value is -0.240. The van der Waals surface area contributed by atoms with Crippen LogP contribution in [0.4, 0.5) is 0 Å². The number of halogens is 1. The van der Waals surface area contributed by atoms with Gasteiger partial charge in [-0.1, -0.05) is 0 Å². The van der Waals surface area contributed by atoms with Crippen molar-refractivity contribution in [3.05, 3.63) is 0 Å². The summed E-state index contributed by atoms with van der Waals surface area (Å²) in [5, 5.41) is 9.01. The standard InChI is InChI=1S/C9H14O2.ClH/c10-8(11)9-4-1-7(2-5-9)3-6-9;/h7H,1-6H2,(H,10,11);1H. The van der Waals surface area contributed by atoms with Crippen molar-refractivity contribution in [3.63, 3.8) is 0 Å². The second kappa shape index (κ2) is 3.25. The monoisotopic (exact) mass is 190 g/mol. The molecule has 0 aromatic carbocycles. The van der Waals surface area contributed by atoms with Crippen LogP contribution in [0.3, 0.4) is 0 Å². The van der Waals surface area contributed by atoms with Crippen LogP contribution in [-0.2, 0) is 4.79 Å². The van der Waals surface area contributed by atoms with E-state index < -0.39 is 5.97 Å². The smallest absolute Gasteiger partial charge is 0.309 e. The molecule has 0 heterocycles. The van der Waals surface area contributed by atoms with Gasteiger partial charge in [-0.15, -0.1) is 12.4 Å². The molecular formula is C9H15ClO2. The fourth-order valence-electron chi connectivity index (χ4n) is 2.57. The van der Waals surface area contributed by atoms with Crippen LogP contribution in [0.1, 0.15) is 38.5 Å². The number of carbonyl (C=O) groups is 1. The average molecular weight is 191 g/mol. The van der Waals surface area contributed by atoms with Gasteiger partial charge in [0.2, 0.25) is 0 Å². The van der Waals surface area contributed by atoms with E-state index in [0.717, 1.165) is 44.4 Å². The van der Waals surface area contributed by atoms with Crippen LogP contribution in [0, 0.1) is 11.3 Å². The van der Waals surface area contributed by atoms with E-state index in [1.165, 1.54) is 0 Å². The van der Waals surface area contributed by atoms with E-state index in [1.54, 1.807) is 0 Å². The first kappa shape index (κ1) is 9.85. The lowest BCUT2D eigenvalue weighted by atomic mass is 9.61. The quantitative estimate of drug-likeness (QED) is 0.690. The van der Waals surface area contributed by atoms with E-state index in [2.05, 4.69) is 0 Å². The highest BCUT2D eigenvalue weighted by Crippen LogP contribution is 2.50. The molecule has 3 fully saturated rings. The third-order valence-corrected chi connectivity index (χ3v) is 3.55. The molecule has 3 rings (SSSR count). The summed E-state index contributed by atoms with van der Waals surface area (Å²) in [6, 6.07) is 0. The van der Waals surface area contributed by atoms with Crippen molar-refractivity contribution >= 4 is 18.4 Å². The number of aliphatic carboxylic acids is 1. The highest BCUT2D eigenvalue weighted by Gasteiger charge is 2.45. The zero-order chi connectivity index (χ0) is 7.90. The number of hydrogen-bond donors (Lipinski definition) is 1. The first-order chi connectivity index (χ1) is 5.23. The molecule has 0 atom stereocenters. The minimum Gasteiger partial charge on any atom is -0.481 e. The lowest BCUT2D eigenvalue weighted by molar-refractivity contribution is -0.155. The molecule has 0 saturated heterocycles. The largest absolute Gasteiger partial charge is 0.481 e. The van der Waals surface area contributed by atoms with E-state index in [4.69, 9.17) is 5.11 Å². The summed E-state index contributed by atoms with van der Waals surface area (Å²) in [6.45, 7) is 0. The molecule has 2 bridgehead atoms. The van der Waals surface area contributed by atoms with Crippen LogP contribution in [0.2, 0.25) is 0 Å². The van der Waals surface area contributed by atoms with Gasteiger partial charge in [-0.2, -0.15) is 0 Å². The maximum absolute atomic E-state index is 10.9. The molecule has 2 nitrogen and oxygen atoms in total. The SMILES string of the molecule is Cl.O=C(O)C12CCC(CC1)CC2. The van der Waals surface area contributed by atoms with Gasteiger partial charge in [-0.3, -0.25) is 4.79 Å². The third-order valence-electron chi connectivity index (χ3n) is 3.55. The first-order valence-corrected chi connectivity index (χ1v) is 4.46. The van der Waals surface area contributed by atoms with Crippen LogP contribution in [0.25, 0.3) is 0 Å². The second-order valence-electron chi connectivity index (χ2n) is 4.07. The normalized spacial score (nSPS) is 38.8. The van der Waals surface area contributed by atoms with Gasteiger partial charge in [0.15, 0.2) is 0 Å². The number of hydrogen-bond acceptors (Lipinski definition) is 1. The van der Waals surface area contributed by atoms with Crippen LogP contribution >= 0.6 is 12.4 Å². The molecular weight excluding hydrogens is 176 g/mol. The van der Waals surface area contributed by atoms with Gasteiger partial charge in [0.1, 0.15) is 0 Å². The van der Waals surface area contributed by atoms with Crippen LogP contribution in [0.5, 0.6) is 0 Å². The topological polar surface area (TPSA) is 37.3 Å². The van der Waals surface area contributed by atoms with E-state index in [1.807, 2.05) is 0 Å². The Kier molecular flexibility index (Phi) is 2.67. The molecule has 0 radical (unpaired) electrons. The van der Waals surface area contributed by atoms with Gasteiger partial charge in [0.05, 0.1) is 5.41 Å². The predicted molar refractivity (Wildman–Crippen MR) is 48.5 cm³/mol. The van der Waals surface area contributed by atoms with Gasteiger partial charge in [-0.25, -0.2) is 0 Å². The highest BCUT2D eigenvalue weighted by molar-refractivity contribution is 5.85. The maximum atomic E-state index is 10.9. The van der Waals surface area contributed by atoms with Gasteiger partial charge in [-0.05, 0) is 44.4 Å². The summed E-state index contributed by atoms with van der Waals surface area (Å²) >= 11 is 0. The molecule has 3 saturated carbocycles. The Balaban J connectivity index is 0.000000720. The van der Waals surface area contributed by atoms with Gasteiger partial charge in [0.25, 0.3) is 0 Å². The summed E-state index contributed by atoms with van der Waals surface area (Å²) in [7, 11) is 0. The van der Waals surface area contributed by atoms with Crippen molar-refractivity contribution in [2.45, 2.75) is 38.5 Å². The molecule has 0 amide bonds. The molecule has 3 heteroatoms. The van der Waals surface area contributed by atoms with Crippen LogP contribution < -0.4 is 0 Å².